The molecule has 1 amide bonds. The topological polar surface area (TPSA) is 60.5 Å². The summed E-state index contributed by atoms with van der Waals surface area (Å²) in [5.74, 6) is 1.92. The third-order valence-electron chi connectivity index (χ3n) is 2.89. The largest absolute Gasteiger partial charge is 0.490 e. The summed E-state index contributed by atoms with van der Waals surface area (Å²) in [6, 6.07) is 12.9. The van der Waals surface area contributed by atoms with Crippen molar-refractivity contribution in [2.75, 3.05) is 18.5 Å². The fourth-order valence-electron chi connectivity index (χ4n) is 1.90. The van der Waals surface area contributed by atoms with Gasteiger partial charge in [-0.3, -0.25) is 4.79 Å². The molecule has 0 bridgehead atoms. The summed E-state index contributed by atoms with van der Waals surface area (Å²) in [5.41, 5.74) is 0. The number of nitrogens with zero attached hydrogens (tertiary/aromatic N) is 1. The van der Waals surface area contributed by atoms with Gasteiger partial charge in [0.2, 0.25) is 5.91 Å². The number of ether oxygens (including phenoxy) is 2. The van der Waals surface area contributed by atoms with Gasteiger partial charge < -0.3 is 14.8 Å². The Morgan fingerprint density at radius 3 is 2.50 bits per heavy atom. The molecule has 2 rings (SSSR count). The highest BCUT2D eigenvalue weighted by Gasteiger charge is 2.05. The van der Waals surface area contributed by atoms with Crippen molar-refractivity contribution in [1.29, 1.82) is 0 Å². The van der Waals surface area contributed by atoms with E-state index >= 15 is 0 Å². The van der Waals surface area contributed by atoms with E-state index in [0.717, 1.165) is 5.75 Å². The lowest BCUT2D eigenvalue weighted by Crippen LogP contribution is -2.13. The van der Waals surface area contributed by atoms with Crippen LogP contribution in [0, 0.1) is 0 Å². The average Bonchev–Trinajstić information content (AvgIpc) is 2.54. The van der Waals surface area contributed by atoms with Crippen LogP contribution in [0.1, 0.15) is 19.8 Å². The van der Waals surface area contributed by atoms with Gasteiger partial charge in [-0.05, 0) is 37.6 Å². The molecule has 0 spiro atoms. The van der Waals surface area contributed by atoms with E-state index in [1.807, 2.05) is 37.3 Å². The molecule has 0 fully saturated rings. The molecule has 1 aromatic carbocycles. The van der Waals surface area contributed by atoms with Crippen LogP contribution in [0.5, 0.6) is 11.5 Å². The first-order chi connectivity index (χ1) is 10.8. The second-order valence-electron chi connectivity index (χ2n) is 4.59. The third-order valence-corrected chi connectivity index (χ3v) is 2.89. The van der Waals surface area contributed by atoms with Crippen molar-refractivity contribution in [3.05, 3.63) is 48.7 Å². The van der Waals surface area contributed by atoms with Crippen molar-refractivity contribution in [2.45, 2.75) is 19.8 Å². The lowest BCUT2D eigenvalue weighted by Gasteiger charge is -2.11. The number of benzene rings is 1. The number of carbonyl (C=O) groups is 1. The second-order valence-corrected chi connectivity index (χ2v) is 4.59. The van der Waals surface area contributed by atoms with E-state index in [4.69, 9.17) is 9.47 Å². The smallest absolute Gasteiger partial charge is 0.225 e. The van der Waals surface area contributed by atoms with Crippen LogP contribution in [0.25, 0.3) is 0 Å². The average molecular weight is 300 g/mol. The number of amides is 1. The number of carbonyl (C=O) groups excluding carboxylic acids is 1. The quantitative estimate of drug-likeness (QED) is 0.760. The van der Waals surface area contributed by atoms with Crippen LogP contribution in [0.3, 0.4) is 0 Å². The summed E-state index contributed by atoms with van der Waals surface area (Å²) < 4.78 is 11.2. The van der Waals surface area contributed by atoms with Crippen LogP contribution in [0.15, 0.2) is 48.7 Å². The number of para-hydroxylation sites is 2. The molecule has 0 saturated carbocycles. The Bertz CT molecular complexity index is 587. The van der Waals surface area contributed by atoms with Crippen molar-refractivity contribution in [3.8, 4) is 11.5 Å². The van der Waals surface area contributed by atoms with Gasteiger partial charge in [0, 0.05) is 12.6 Å². The Labute approximate surface area is 130 Å². The maximum atomic E-state index is 11.8. The van der Waals surface area contributed by atoms with Gasteiger partial charge in [0.05, 0.1) is 13.2 Å². The summed E-state index contributed by atoms with van der Waals surface area (Å²) in [6.45, 7) is 2.98. The molecule has 0 aliphatic carbocycles. The van der Waals surface area contributed by atoms with Crippen LogP contribution in [-0.2, 0) is 4.79 Å². The van der Waals surface area contributed by atoms with Crippen molar-refractivity contribution >= 4 is 11.7 Å². The minimum Gasteiger partial charge on any atom is -0.490 e. The van der Waals surface area contributed by atoms with E-state index in [0.29, 0.717) is 37.6 Å². The van der Waals surface area contributed by atoms with Gasteiger partial charge in [0.15, 0.2) is 11.5 Å². The number of pyridine rings is 1. The number of aromatic nitrogens is 1. The molecule has 0 aliphatic rings. The third kappa shape index (κ3) is 5.09. The normalized spacial score (nSPS) is 10.0. The zero-order chi connectivity index (χ0) is 15.6. The predicted molar refractivity (Wildman–Crippen MR) is 85.2 cm³/mol. The maximum Gasteiger partial charge on any atom is 0.225 e. The minimum atomic E-state index is -0.0691. The molecule has 5 heteroatoms. The van der Waals surface area contributed by atoms with E-state index in [-0.39, 0.29) is 5.91 Å². The van der Waals surface area contributed by atoms with Crippen molar-refractivity contribution in [2.24, 2.45) is 0 Å². The highest BCUT2D eigenvalue weighted by atomic mass is 16.5. The van der Waals surface area contributed by atoms with Crippen LogP contribution in [0.4, 0.5) is 5.82 Å². The van der Waals surface area contributed by atoms with E-state index in [1.54, 1.807) is 18.3 Å². The SMILES string of the molecule is CCOc1ccccc1OCCCC(=O)Nc1ccccn1. The van der Waals surface area contributed by atoms with Gasteiger partial charge in [-0.25, -0.2) is 4.98 Å². The van der Waals surface area contributed by atoms with Crippen molar-refractivity contribution in [1.82, 2.24) is 4.98 Å². The number of nitrogens with one attached hydrogen (secondary N) is 1. The van der Waals surface area contributed by atoms with Crippen LogP contribution >= 0.6 is 0 Å². The molecule has 0 unspecified atom stereocenters. The van der Waals surface area contributed by atoms with Gasteiger partial charge in [-0.1, -0.05) is 18.2 Å². The standard InChI is InChI=1S/C17H20N2O3/c1-2-21-14-8-3-4-9-15(14)22-13-7-11-17(20)19-16-10-5-6-12-18-16/h3-6,8-10,12H,2,7,11,13H2,1H3,(H,18,19,20). The first kappa shape index (κ1) is 15.8. The van der Waals surface area contributed by atoms with Gasteiger partial charge in [0.1, 0.15) is 5.82 Å². The van der Waals surface area contributed by atoms with Crippen molar-refractivity contribution < 1.29 is 14.3 Å². The summed E-state index contributed by atoms with van der Waals surface area (Å²) in [7, 11) is 0. The highest BCUT2D eigenvalue weighted by molar-refractivity contribution is 5.89. The molecule has 1 N–H and O–H groups in total. The van der Waals surface area contributed by atoms with E-state index in [2.05, 4.69) is 10.3 Å². The molecule has 2 aromatic rings. The minimum absolute atomic E-state index is 0.0691. The zero-order valence-electron chi connectivity index (χ0n) is 12.6. The molecule has 1 aromatic heterocycles. The molecule has 5 nitrogen and oxygen atoms in total. The summed E-state index contributed by atoms with van der Waals surface area (Å²) in [5, 5.41) is 2.74. The highest BCUT2D eigenvalue weighted by Crippen LogP contribution is 2.26. The number of rotatable bonds is 8. The number of hydrogen-bond donors (Lipinski definition) is 1. The number of hydrogen-bond acceptors (Lipinski definition) is 4. The predicted octanol–water partition coefficient (Wildman–Crippen LogP) is 3.28. The Balaban J connectivity index is 1.72. The molecule has 0 aliphatic heterocycles. The van der Waals surface area contributed by atoms with Crippen LogP contribution in [-0.4, -0.2) is 24.1 Å². The second kappa shape index (κ2) is 8.67. The van der Waals surface area contributed by atoms with Gasteiger partial charge in [-0.15, -0.1) is 0 Å². The lowest BCUT2D eigenvalue weighted by molar-refractivity contribution is -0.116. The first-order valence-electron chi connectivity index (χ1n) is 7.35. The molecule has 0 atom stereocenters. The zero-order valence-corrected chi connectivity index (χ0v) is 12.6. The molecule has 116 valence electrons. The summed E-state index contributed by atoms with van der Waals surface area (Å²) >= 11 is 0. The number of anilines is 1. The van der Waals surface area contributed by atoms with Gasteiger partial charge in [-0.2, -0.15) is 0 Å². The first-order valence-corrected chi connectivity index (χ1v) is 7.35. The van der Waals surface area contributed by atoms with Gasteiger partial charge in [0.25, 0.3) is 0 Å². The Morgan fingerprint density at radius 2 is 1.82 bits per heavy atom. The Hall–Kier alpha value is -2.56. The Kier molecular flexibility index (Phi) is 6.23. The lowest BCUT2D eigenvalue weighted by atomic mass is 10.3. The molecule has 0 saturated heterocycles. The molecular formula is C17H20N2O3. The maximum absolute atomic E-state index is 11.8. The molecule has 0 radical (unpaired) electrons. The fourth-order valence-corrected chi connectivity index (χ4v) is 1.90. The molecule has 1 heterocycles. The summed E-state index contributed by atoms with van der Waals surface area (Å²) in [4.78, 5) is 15.8. The molecular weight excluding hydrogens is 280 g/mol. The van der Waals surface area contributed by atoms with E-state index in [9.17, 15) is 4.79 Å². The van der Waals surface area contributed by atoms with Crippen molar-refractivity contribution in [3.63, 3.8) is 0 Å². The Morgan fingerprint density at radius 1 is 1.09 bits per heavy atom. The monoisotopic (exact) mass is 300 g/mol. The molecule has 22 heavy (non-hydrogen) atoms. The van der Waals surface area contributed by atoms with Crippen LogP contribution in [0.2, 0.25) is 0 Å². The van der Waals surface area contributed by atoms with E-state index in [1.165, 1.54) is 0 Å². The van der Waals surface area contributed by atoms with Gasteiger partial charge >= 0.3 is 0 Å². The fraction of sp³-hybridized carbons (Fsp3) is 0.294. The summed E-state index contributed by atoms with van der Waals surface area (Å²) in [6.07, 6.45) is 2.65. The van der Waals surface area contributed by atoms with E-state index < -0.39 is 0 Å². The van der Waals surface area contributed by atoms with Crippen LogP contribution < -0.4 is 14.8 Å².